The molecule has 6 nitrogen and oxygen atoms in total. The summed E-state index contributed by atoms with van der Waals surface area (Å²) < 4.78 is 1.54. The molecule has 0 spiro atoms. The number of hydrogen-bond donors (Lipinski definition) is 2. The van der Waals surface area contributed by atoms with Crippen molar-refractivity contribution in [3.05, 3.63) is 75.3 Å². The van der Waals surface area contributed by atoms with Crippen LogP contribution in [0.2, 0.25) is 0 Å². The van der Waals surface area contributed by atoms with Gasteiger partial charge < -0.3 is 15.3 Å². The summed E-state index contributed by atoms with van der Waals surface area (Å²) in [6.45, 7) is 2.51. The molecule has 1 aromatic carbocycles. The molecule has 0 saturated heterocycles. The van der Waals surface area contributed by atoms with Crippen LogP contribution in [0.4, 0.5) is 0 Å². The largest absolute Gasteiger partial charge is 0.508 e. The van der Waals surface area contributed by atoms with Gasteiger partial charge in [0.15, 0.2) is 5.50 Å². The highest BCUT2D eigenvalue weighted by Crippen LogP contribution is 2.43. The summed E-state index contributed by atoms with van der Waals surface area (Å²) in [5.74, 6) is -0.0650. The molecule has 1 aliphatic heterocycles. The van der Waals surface area contributed by atoms with Crippen molar-refractivity contribution in [1.82, 2.24) is 14.8 Å². The van der Waals surface area contributed by atoms with Crippen LogP contribution in [0.25, 0.3) is 0 Å². The number of allylic oxidation sites excluding steroid dienone is 1. The van der Waals surface area contributed by atoms with Crippen LogP contribution in [0.5, 0.6) is 5.75 Å². The number of aromatic nitrogens is 1. The normalized spacial score (nSPS) is 17.2. The minimum Gasteiger partial charge on any atom is -0.508 e. The Balaban J connectivity index is 1.97. The summed E-state index contributed by atoms with van der Waals surface area (Å²) in [7, 11) is 0. The highest BCUT2D eigenvalue weighted by Gasteiger charge is 2.32. The van der Waals surface area contributed by atoms with Crippen LogP contribution in [0.15, 0.2) is 64.2 Å². The molecule has 0 radical (unpaired) electrons. The zero-order valence-electron chi connectivity index (χ0n) is 13.0. The third-order valence-electron chi connectivity index (χ3n) is 3.80. The van der Waals surface area contributed by atoms with E-state index in [1.165, 1.54) is 28.5 Å². The van der Waals surface area contributed by atoms with E-state index in [1.54, 1.807) is 6.20 Å². The molecule has 0 fully saturated rings. The van der Waals surface area contributed by atoms with Gasteiger partial charge in [0.05, 0.1) is 5.03 Å². The Morgan fingerprint density at radius 2 is 2.04 bits per heavy atom. The molecular weight excluding hydrogens is 326 g/mol. The van der Waals surface area contributed by atoms with Crippen molar-refractivity contribution in [2.75, 3.05) is 0 Å². The van der Waals surface area contributed by atoms with Gasteiger partial charge in [-0.05, 0) is 18.6 Å². The van der Waals surface area contributed by atoms with Crippen LogP contribution in [0, 0.1) is 0 Å². The molecule has 1 aromatic heterocycles. The fourth-order valence-electron chi connectivity index (χ4n) is 2.59. The number of amides is 1. The van der Waals surface area contributed by atoms with E-state index in [0.29, 0.717) is 18.0 Å². The molecule has 2 N–H and O–H groups in total. The maximum atomic E-state index is 12.3. The van der Waals surface area contributed by atoms with Crippen molar-refractivity contribution < 1.29 is 9.90 Å². The second-order valence-corrected chi connectivity index (χ2v) is 6.43. The average molecular weight is 343 g/mol. The van der Waals surface area contributed by atoms with Crippen LogP contribution in [0.3, 0.4) is 0 Å². The van der Waals surface area contributed by atoms with Crippen LogP contribution in [-0.2, 0) is 11.3 Å². The van der Waals surface area contributed by atoms with Crippen molar-refractivity contribution >= 4 is 18.2 Å². The van der Waals surface area contributed by atoms with Crippen molar-refractivity contribution in [3.63, 3.8) is 0 Å². The zero-order chi connectivity index (χ0) is 17.1. The first-order valence-corrected chi connectivity index (χ1v) is 8.27. The van der Waals surface area contributed by atoms with Crippen LogP contribution in [-0.4, -0.2) is 21.0 Å². The Morgan fingerprint density at radius 3 is 2.71 bits per heavy atom. The van der Waals surface area contributed by atoms with Crippen molar-refractivity contribution in [3.8, 4) is 5.75 Å². The fraction of sp³-hybridized carbons (Fsp3) is 0.176. The van der Waals surface area contributed by atoms with Gasteiger partial charge in [-0.3, -0.25) is 14.2 Å². The summed E-state index contributed by atoms with van der Waals surface area (Å²) in [6, 6.07) is 12.6. The topological polar surface area (TPSA) is 74.6 Å². The lowest BCUT2D eigenvalue weighted by Gasteiger charge is -2.28. The Morgan fingerprint density at radius 1 is 1.29 bits per heavy atom. The van der Waals surface area contributed by atoms with Gasteiger partial charge in [0.25, 0.3) is 5.56 Å². The summed E-state index contributed by atoms with van der Waals surface area (Å²) >= 11 is 1.39. The molecule has 0 aliphatic carbocycles. The van der Waals surface area contributed by atoms with Crippen molar-refractivity contribution in [2.45, 2.75) is 19.0 Å². The maximum Gasteiger partial charge on any atom is 0.256 e. The standard InChI is InChI=1S/C17H17N3O3S/c1-12-16(18-11-21)24-17(19-8-7-14(22)9-15(19)23)20(12)10-13-5-3-2-4-6-13/h2-9,11,17,22H,10H2,1H3,(H,18,21). The van der Waals surface area contributed by atoms with E-state index in [4.69, 9.17) is 0 Å². The van der Waals surface area contributed by atoms with Crippen molar-refractivity contribution in [1.29, 1.82) is 0 Å². The van der Waals surface area contributed by atoms with Gasteiger partial charge in [-0.25, -0.2) is 0 Å². The molecular formula is C17H17N3O3S. The number of nitrogens with one attached hydrogen (secondary N) is 1. The molecule has 0 bridgehead atoms. The first-order chi connectivity index (χ1) is 11.6. The van der Waals surface area contributed by atoms with E-state index >= 15 is 0 Å². The van der Waals surface area contributed by atoms with Gasteiger partial charge in [-0.2, -0.15) is 0 Å². The molecule has 3 rings (SSSR count). The second kappa shape index (κ2) is 6.84. The lowest BCUT2D eigenvalue weighted by Crippen LogP contribution is -2.31. The smallest absolute Gasteiger partial charge is 0.256 e. The number of carbonyl (C=O) groups is 1. The number of thioether (sulfide) groups is 1. The Kier molecular flexibility index (Phi) is 4.61. The van der Waals surface area contributed by atoms with E-state index in [-0.39, 0.29) is 16.8 Å². The number of aromatic hydroxyl groups is 1. The molecule has 1 atom stereocenters. The molecule has 2 aromatic rings. The maximum absolute atomic E-state index is 12.3. The van der Waals surface area contributed by atoms with Gasteiger partial charge in [0.2, 0.25) is 6.41 Å². The lowest BCUT2D eigenvalue weighted by atomic mass is 10.2. The van der Waals surface area contributed by atoms with E-state index in [2.05, 4.69) is 5.32 Å². The van der Waals surface area contributed by atoms with Crippen molar-refractivity contribution in [2.24, 2.45) is 0 Å². The predicted molar refractivity (Wildman–Crippen MR) is 92.9 cm³/mol. The van der Waals surface area contributed by atoms with E-state index < -0.39 is 0 Å². The number of rotatable bonds is 5. The fourth-order valence-corrected chi connectivity index (χ4v) is 3.85. The molecule has 1 amide bonds. The Labute approximate surface area is 143 Å². The molecule has 124 valence electrons. The minimum atomic E-state index is -0.333. The van der Waals surface area contributed by atoms with Gasteiger partial charge in [-0.1, -0.05) is 42.1 Å². The van der Waals surface area contributed by atoms with Gasteiger partial charge in [-0.15, -0.1) is 0 Å². The summed E-state index contributed by atoms with van der Waals surface area (Å²) in [4.78, 5) is 25.1. The molecule has 24 heavy (non-hydrogen) atoms. The quantitative estimate of drug-likeness (QED) is 0.814. The second-order valence-electron chi connectivity index (χ2n) is 5.36. The lowest BCUT2D eigenvalue weighted by molar-refractivity contribution is -0.108. The first-order valence-electron chi connectivity index (χ1n) is 7.39. The molecule has 0 saturated carbocycles. The summed E-state index contributed by atoms with van der Waals surface area (Å²) in [6.07, 6.45) is 2.19. The van der Waals surface area contributed by atoms with Crippen LogP contribution >= 0.6 is 11.8 Å². The first kappa shape index (κ1) is 16.2. The monoisotopic (exact) mass is 343 g/mol. The highest BCUT2D eigenvalue weighted by molar-refractivity contribution is 8.03. The highest BCUT2D eigenvalue weighted by atomic mass is 32.2. The third kappa shape index (κ3) is 3.16. The number of nitrogens with zero attached hydrogens (tertiary/aromatic N) is 2. The third-order valence-corrected chi connectivity index (χ3v) is 5.15. The SMILES string of the molecule is CC1=C(NC=O)SC(n2ccc(O)cc2=O)N1Cc1ccccc1. The molecule has 1 aliphatic rings. The van der Waals surface area contributed by atoms with Gasteiger partial charge in [0, 0.05) is 24.5 Å². The summed E-state index contributed by atoms with van der Waals surface area (Å²) in [5.41, 5.74) is 1.36. The van der Waals surface area contributed by atoms with E-state index in [9.17, 15) is 14.7 Å². The zero-order valence-corrected chi connectivity index (χ0v) is 13.9. The average Bonchev–Trinajstić information content (AvgIpc) is 2.86. The molecule has 7 heteroatoms. The van der Waals surface area contributed by atoms with Gasteiger partial charge in [0.1, 0.15) is 5.75 Å². The molecule has 1 unspecified atom stereocenters. The number of pyridine rings is 1. The Bertz CT molecular complexity index is 832. The number of benzene rings is 1. The van der Waals surface area contributed by atoms with E-state index in [0.717, 1.165) is 11.3 Å². The minimum absolute atomic E-state index is 0.0650. The number of hydrogen-bond acceptors (Lipinski definition) is 5. The van der Waals surface area contributed by atoms with Gasteiger partial charge >= 0.3 is 0 Å². The van der Waals surface area contributed by atoms with Crippen LogP contribution < -0.4 is 10.9 Å². The Hall–Kier alpha value is -2.67. The summed E-state index contributed by atoms with van der Waals surface area (Å²) in [5, 5.41) is 12.9. The predicted octanol–water partition coefficient (Wildman–Crippen LogP) is 2.19. The van der Waals surface area contributed by atoms with E-state index in [1.807, 2.05) is 42.2 Å². The van der Waals surface area contributed by atoms with Crippen LogP contribution in [0.1, 0.15) is 18.0 Å². The molecule has 2 heterocycles. The number of carbonyl (C=O) groups excluding carboxylic acids is 1.